The summed E-state index contributed by atoms with van der Waals surface area (Å²) in [4.78, 5) is 21.9. The Morgan fingerprint density at radius 1 is 1.00 bits per heavy atom. The number of hydrogen-bond donors (Lipinski definition) is 3. The number of aromatic nitrogens is 4. The Bertz CT molecular complexity index is 1420. The van der Waals surface area contributed by atoms with Crippen LogP contribution in [-0.4, -0.2) is 26.1 Å². The molecule has 0 bridgehead atoms. The zero-order valence-electron chi connectivity index (χ0n) is 17.6. The summed E-state index contributed by atoms with van der Waals surface area (Å²) >= 11 is 0. The van der Waals surface area contributed by atoms with E-state index in [0.717, 1.165) is 39.5 Å². The van der Waals surface area contributed by atoms with Crippen molar-refractivity contribution >= 4 is 44.9 Å². The van der Waals surface area contributed by atoms with E-state index in [1.807, 2.05) is 73.7 Å². The number of carbonyl (C=O) groups is 1. The van der Waals surface area contributed by atoms with Gasteiger partial charge in [0.05, 0.1) is 22.9 Å². The van der Waals surface area contributed by atoms with Crippen molar-refractivity contribution in [3.8, 4) is 11.4 Å². The quantitative estimate of drug-likeness (QED) is 0.328. The largest absolute Gasteiger partial charge is 0.340 e. The molecule has 3 N–H and O–H groups in total. The molecule has 0 fully saturated rings. The molecule has 0 spiro atoms. The molecule has 2 heterocycles. The number of carbonyl (C=O) groups excluding carboxylic acids is 1. The summed E-state index contributed by atoms with van der Waals surface area (Å²) in [6.07, 6.45) is 3.05. The van der Waals surface area contributed by atoms with Gasteiger partial charge in [-0.05, 0) is 48.9 Å². The van der Waals surface area contributed by atoms with Gasteiger partial charge in [0.1, 0.15) is 5.82 Å². The standard InChI is InChI=1S/C25H22N6O/c1-2-7-23(32)28-21-10-5-3-8-18(21)25-29-22-11-6-4-9-19(22)24(30-25)27-17-12-13-20-16(14-17)15-26-31-20/h3-6,8-15H,2,7H2,1H3,(H,26,31)(H,28,32)(H,27,29,30). The molecular weight excluding hydrogens is 400 g/mol. The molecule has 0 saturated heterocycles. The van der Waals surface area contributed by atoms with Gasteiger partial charge < -0.3 is 10.6 Å². The molecule has 32 heavy (non-hydrogen) atoms. The fraction of sp³-hybridized carbons (Fsp3) is 0.120. The van der Waals surface area contributed by atoms with Crippen LogP contribution in [0.3, 0.4) is 0 Å². The minimum absolute atomic E-state index is 0.0208. The van der Waals surface area contributed by atoms with Crippen molar-refractivity contribution in [3.05, 3.63) is 72.9 Å². The van der Waals surface area contributed by atoms with Crippen LogP contribution in [0.4, 0.5) is 17.2 Å². The second-order valence-corrected chi connectivity index (χ2v) is 7.55. The van der Waals surface area contributed by atoms with Crippen LogP contribution >= 0.6 is 0 Å². The van der Waals surface area contributed by atoms with E-state index < -0.39 is 0 Å². The average Bonchev–Trinajstić information content (AvgIpc) is 3.27. The fourth-order valence-electron chi connectivity index (χ4n) is 3.68. The molecule has 2 aromatic heterocycles. The van der Waals surface area contributed by atoms with Crippen molar-refractivity contribution in [3.63, 3.8) is 0 Å². The number of anilines is 3. The molecule has 0 aliphatic carbocycles. The third-order valence-corrected chi connectivity index (χ3v) is 5.23. The number of nitrogens with one attached hydrogen (secondary N) is 3. The van der Waals surface area contributed by atoms with Gasteiger partial charge in [0, 0.05) is 28.4 Å². The SMILES string of the molecule is CCCC(=O)Nc1ccccc1-c1nc(Nc2ccc3[nH]ncc3c2)c2ccccc2n1. The van der Waals surface area contributed by atoms with Crippen LogP contribution in [0.15, 0.2) is 72.9 Å². The highest BCUT2D eigenvalue weighted by Crippen LogP contribution is 2.31. The van der Waals surface area contributed by atoms with Gasteiger partial charge in [-0.1, -0.05) is 31.2 Å². The molecule has 0 radical (unpaired) electrons. The number of amides is 1. The molecule has 0 aliphatic heterocycles. The van der Waals surface area contributed by atoms with Gasteiger partial charge in [-0.3, -0.25) is 9.89 Å². The number of nitrogens with zero attached hydrogens (tertiary/aromatic N) is 3. The smallest absolute Gasteiger partial charge is 0.224 e. The summed E-state index contributed by atoms with van der Waals surface area (Å²) in [6.45, 7) is 1.98. The van der Waals surface area contributed by atoms with E-state index in [0.29, 0.717) is 23.8 Å². The first-order valence-electron chi connectivity index (χ1n) is 10.6. The molecule has 5 rings (SSSR count). The van der Waals surface area contributed by atoms with E-state index in [1.54, 1.807) is 6.20 Å². The Kier molecular flexibility index (Phi) is 5.21. The summed E-state index contributed by atoms with van der Waals surface area (Å²) in [5, 5.41) is 15.4. The molecule has 158 valence electrons. The zero-order chi connectivity index (χ0) is 21.9. The van der Waals surface area contributed by atoms with Gasteiger partial charge in [0.25, 0.3) is 0 Å². The monoisotopic (exact) mass is 422 g/mol. The molecule has 5 aromatic rings. The normalized spacial score (nSPS) is 11.0. The van der Waals surface area contributed by atoms with Crippen LogP contribution in [0, 0.1) is 0 Å². The summed E-state index contributed by atoms with van der Waals surface area (Å²) in [5.74, 6) is 1.22. The molecular formula is C25H22N6O. The minimum atomic E-state index is -0.0208. The number of aromatic amines is 1. The van der Waals surface area contributed by atoms with Crippen molar-refractivity contribution in [2.24, 2.45) is 0 Å². The second-order valence-electron chi connectivity index (χ2n) is 7.55. The molecule has 0 aliphatic rings. The molecule has 1 amide bonds. The predicted molar refractivity (Wildman–Crippen MR) is 128 cm³/mol. The van der Waals surface area contributed by atoms with Crippen LogP contribution in [-0.2, 0) is 4.79 Å². The number of benzene rings is 3. The third kappa shape index (κ3) is 3.88. The van der Waals surface area contributed by atoms with Gasteiger partial charge in [-0.25, -0.2) is 9.97 Å². The van der Waals surface area contributed by atoms with Gasteiger partial charge >= 0.3 is 0 Å². The first-order valence-corrected chi connectivity index (χ1v) is 10.6. The second kappa shape index (κ2) is 8.47. The summed E-state index contributed by atoms with van der Waals surface area (Å²) in [5.41, 5.74) is 4.17. The van der Waals surface area contributed by atoms with E-state index in [1.165, 1.54) is 0 Å². The van der Waals surface area contributed by atoms with Crippen LogP contribution in [0.1, 0.15) is 19.8 Å². The van der Waals surface area contributed by atoms with E-state index in [4.69, 9.17) is 9.97 Å². The maximum Gasteiger partial charge on any atom is 0.224 e. The zero-order valence-corrected chi connectivity index (χ0v) is 17.6. The Labute approximate surface area is 184 Å². The lowest BCUT2D eigenvalue weighted by molar-refractivity contribution is -0.116. The van der Waals surface area contributed by atoms with Gasteiger partial charge in [0.2, 0.25) is 5.91 Å². The lowest BCUT2D eigenvalue weighted by Gasteiger charge is -2.14. The lowest BCUT2D eigenvalue weighted by atomic mass is 10.1. The van der Waals surface area contributed by atoms with E-state index in [9.17, 15) is 4.79 Å². The summed E-state index contributed by atoms with van der Waals surface area (Å²) in [7, 11) is 0. The first kappa shape index (κ1) is 19.7. The Balaban J connectivity index is 1.59. The highest BCUT2D eigenvalue weighted by Gasteiger charge is 2.14. The molecule has 0 atom stereocenters. The molecule has 3 aromatic carbocycles. The van der Waals surface area contributed by atoms with Crippen molar-refractivity contribution in [1.82, 2.24) is 20.2 Å². The van der Waals surface area contributed by atoms with Gasteiger partial charge in [-0.15, -0.1) is 0 Å². The topological polar surface area (TPSA) is 95.6 Å². The third-order valence-electron chi connectivity index (χ3n) is 5.23. The van der Waals surface area contributed by atoms with Gasteiger partial charge in [0.15, 0.2) is 5.82 Å². The van der Waals surface area contributed by atoms with Crippen LogP contribution < -0.4 is 10.6 Å². The number of para-hydroxylation sites is 2. The molecule has 0 saturated carbocycles. The van der Waals surface area contributed by atoms with Gasteiger partial charge in [-0.2, -0.15) is 5.10 Å². The van der Waals surface area contributed by atoms with Crippen molar-refractivity contribution in [2.75, 3.05) is 10.6 Å². The van der Waals surface area contributed by atoms with Crippen molar-refractivity contribution in [2.45, 2.75) is 19.8 Å². The number of hydrogen-bond acceptors (Lipinski definition) is 5. The predicted octanol–water partition coefficient (Wildman–Crippen LogP) is 5.66. The van der Waals surface area contributed by atoms with Crippen molar-refractivity contribution < 1.29 is 4.79 Å². The summed E-state index contributed by atoms with van der Waals surface area (Å²) < 4.78 is 0. The lowest BCUT2D eigenvalue weighted by Crippen LogP contribution is -2.11. The maximum absolute atomic E-state index is 12.2. The molecule has 0 unspecified atom stereocenters. The number of H-pyrrole nitrogens is 1. The fourth-order valence-corrected chi connectivity index (χ4v) is 3.68. The van der Waals surface area contributed by atoms with Crippen LogP contribution in [0.5, 0.6) is 0 Å². The van der Waals surface area contributed by atoms with Crippen LogP contribution in [0.25, 0.3) is 33.2 Å². The van der Waals surface area contributed by atoms with E-state index in [-0.39, 0.29) is 5.91 Å². The maximum atomic E-state index is 12.2. The molecule has 7 heteroatoms. The highest BCUT2D eigenvalue weighted by molar-refractivity contribution is 5.97. The highest BCUT2D eigenvalue weighted by atomic mass is 16.1. The van der Waals surface area contributed by atoms with E-state index in [2.05, 4.69) is 20.8 Å². The van der Waals surface area contributed by atoms with E-state index >= 15 is 0 Å². The first-order chi connectivity index (χ1) is 15.7. The summed E-state index contributed by atoms with van der Waals surface area (Å²) in [6, 6.07) is 21.5. The Morgan fingerprint density at radius 3 is 2.75 bits per heavy atom. The molecule has 7 nitrogen and oxygen atoms in total. The Morgan fingerprint density at radius 2 is 1.84 bits per heavy atom. The minimum Gasteiger partial charge on any atom is -0.340 e. The number of fused-ring (bicyclic) bond motifs is 2. The Hall–Kier alpha value is -4.26. The van der Waals surface area contributed by atoms with Crippen LogP contribution in [0.2, 0.25) is 0 Å². The number of rotatable bonds is 6. The van der Waals surface area contributed by atoms with Crippen molar-refractivity contribution in [1.29, 1.82) is 0 Å². The average molecular weight is 422 g/mol.